The second-order valence-electron chi connectivity index (χ2n) is 5.65. The fourth-order valence-electron chi connectivity index (χ4n) is 2.62. The van der Waals surface area contributed by atoms with Crippen molar-refractivity contribution in [3.63, 3.8) is 0 Å². The van der Waals surface area contributed by atoms with Gasteiger partial charge in [-0.2, -0.15) is 18.3 Å². The van der Waals surface area contributed by atoms with Crippen molar-refractivity contribution in [1.29, 1.82) is 0 Å². The van der Waals surface area contributed by atoms with Crippen molar-refractivity contribution in [3.8, 4) is 0 Å². The van der Waals surface area contributed by atoms with Gasteiger partial charge in [-0.3, -0.25) is 19.1 Å². The molecule has 0 saturated carbocycles. The summed E-state index contributed by atoms with van der Waals surface area (Å²) in [5, 5.41) is 9.13. The minimum Gasteiger partial charge on any atom is -0.355 e. The average molecular weight is 388 g/mol. The second kappa shape index (κ2) is 8.43. The molecule has 142 valence electrons. The number of carbonyl (C=O) groups excluding carboxylic acids is 1. The zero-order valence-electron chi connectivity index (χ0n) is 14.0. The standard InChI is InChI=1S/C16H19F3N4O2S/c1-2-21-14(24)15(13-9-22-23-10-13,12-4-3-6-20-8-12)11-26(25)7-5-16(17,18)19/h3-4,6,8-10H,2,5,7,11H2,1H3,(H,21,24)(H,22,23). The summed E-state index contributed by atoms with van der Waals surface area (Å²) in [7, 11) is -1.90. The van der Waals surface area contributed by atoms with E-state index in [4.69, 9.17) is 0 Å². The normalized spacial score (nSPS) is 15.2. The smallest absolute Gasteiger partial charge is 0.355 e. The van der Waals surface area contributed by atoms with E-state index in [2.05, 4.69) is 20.5 Å². The lowest BCUT2D eigenvalue weighted by Crippen LogP contribution is -2.49. The number of aromatic nitrogens is 3. The first-order valence-corrected chi connectivity index (χ1v) is 9.38. The van der Waals surface area contributed by atoms with Crippen LogP contribution < -0.4 is 5.32 Å². The molecule has 2 heterocycles. The number of rotatable bonds is 8. The van der Waals surface area contributed by atoms with Gasteiger partial charge in [-0.25, -0.2) is 0 Å². The highest BCUT2D eigenvalue weighted by Crippen LogP contribution is 2.33. The maximum Gasteiger partial charge on any atom is 0.390 e. The summed E-state index contributed by atoms with van der Waals surface area (Å²) >= 11 is 0. The van der Waals surface area contributed by atoms with Gasteiger partial charge in [-0.1, -0.05) is 6.07 Å². The number of amides is 1. The molecule has 2 N–H and O–H groups in total. The predicted octanol–water partition coefficient (Wildman–Crippen LogP) is 1.93. The number of hydrogen-bond donors (Lipinski definition) is 2. The summed E-state index contributed by atoms with van der Waals surface area (Å²) in [5.74, 6) is -1.35. The zero-order chi connectivity index (χ0) is 19.2. The van der Waals surface area contributed by atoms with E-state index < -0.39 is 40.5 Å². The van der Waals surface area contributed by atoms with Crippen molar-refractivity contribution in [2.75, 3.05) is 18.1 Å². The predicted molar refractivity (Wildman–Crippen MR) is 90.8 cm³/mol. The Balaban J connectivity index is 2.46. The van der Waals surface area contributed by atoms with Crippen LogP contribution in [0, 0.1) is 0 Å². The fraction of sp³-hybridized carbons (Fsp3) is 0.438. The molecule has 0 aromatic carbocycles. The molecule has 2 aromatic heterocycles. The van der Waals surface area contributed by atoms with Gasteiger partial charge in [-0.05, 0) is 18.6 Å². The Labute approximate surface area is 151 Å². The van der Waals surface area contributed by atoms with Gasteiger partial charge in [0.25, 0.3) is 0 Å². The minimum absolute atomic E-state index is 0.305. The van der Waals surface area contributed by atoms with Gasteiger partial charge in [0.05, 0.1) is 12.6 Å². The largest absolute Gasteiger partial charge is 0.390 e. The molecule has 2 unspecified atom stereocenters. The molecule has 1 amide bonds. The first-order valence-electron chi connectivity index (χ1n) is 7.89. The highest BCUT2D eigenvalue weighted by molar-refractivity contribution is 7.85. The Morgan fingerprint density at radius 3 is 2.62 bits per heavy atom. The van der Waals surface area contributed by atoms with Crippen LogP contribution in [0.2, 0.25) is 0 Å². The molecular weight excluding hydrogens is 369 g/mol. The van der Waals surface area contributed by atoms with E-state index in [9.17, 15) is 22.2 Å². The fourth-order valence-corrected chi connectivity index (χ4v) is 4.17. The molecule has 0 saturated heterocycles. The Kier molecular flexibility index (Phi) is 6.52. The van der Waals surface area contributed by atoms with E-state index in [1.165, 1.54) is 24.8 Å². The molecule has 0 aliphatic carbocycles. The molecule has 0 fully saturated rings. The molecule has 0 aliphatic heterocycles. The number of aromatic amines is 1. The van der Waals surface area contributed by atoms with Gasteiger partial charge >= 0.3 is 6.18 Å². The van der Waals surface area contributed by atoms with Crippen molar-refractivity contribution < 1.29 is 22.2 Å². The third-order valence-electron chi connectivity index (χ3n) is 3.86. The molecule has 26 heavy (non-hydrogen) atoms. The number of alkyl halides is 3. The molecule has 10 heteroatoms. The first kappa shape index (κ1) is 20.1. The van der Waals surface area contributed by atoms with Crippen molar-refractivity contribution >= 4 is 16.7 Å². The van der Waals surface area contributed by atoms with Crippen molar-refractivity contribution in [1.82, 2.24) is 20.5 Å². The molecule has 0 spiro atoms. The van der Waals surface area contributed by atoms with Crippen LogP contribution in [-0.2, 0) is 21.0 Å². The topological polar surface area (TPSA) is 87.7 Å². The summed E-state index contributed by atoms with van der Waals surface area (Å²) < 4.78 is 49.9. The maximum absolute atomic E-state index is 13.0. The van der Waals surface area contributed by atoms with Gasteiger partial charge in [-0.15, -0.1) is 0 Å². The van der Waals surface area contributed by atoms with Crippen LogP contribution in [0.1, 0.15) is 24.5 Å². The summed E-state index contributed by atoms with van der Waals surface area (Å²) in [6, 6.07) is 3.25. The Morgan fingerprint density at radius 2 is 2.08 bits per heavy atom. The van der Waals surface area contributed by atoms with E-state index in [-0.39, 0.29) is 5.75 Å². The summed E-state index contributed by atoms with van der Waals surface area (Å²) in [6.45, 7) is 2.04. The Hall–Kier alpha value is -2.23. The third-order valence-corrected chi connectivity index (χ3v) is 5.28. The van der Waals surface area contributed by atoms with Crippen molar-refractivity contribution in [2.24, 2.45) is 0 Å². The second-order valence-corrected chi connectivity index (χ2v) is 7.22. The molecule has 2 atom stereocenters. The van der Waals surface area contributed by atoms with Crippen LogP contribution in [0.3, 0.4) is 0 Å². The molecule has 0 radical (unpaired) electrons. The zero-order valence-corrected chi connectivity index (χ0v) is 14.9. The number of pyridine rings is 1. The van der Waals surface area contributed by atoms with Crippen LogP contribution in [0.15, 0.2) is 36.9 Å². The SMILES string of the molecule is CCNC(=O)C(CS(=O)CCC(F)(F)F)(c1cccnc1)c1cn[nH]c1. The van der Waals surface area contributed by atoms with E-state index in [1.54, 1.807) is 19.1 Å². The molecule has 2 rings (SSSR count). The lowest BCUT2D eigenvalue weighted by molar-refractivity contribution is -0.129. The van der Waals surface area contributed by atoms with Crippen LogP contribution in [0.25, 0.3) is 0 Å². The van der Waals surface area contributed by atoms with Crippen molar-refractivity contribution in [3.05, 3.63) is 48.0 Å². The van der Waals surface area contributed by atoms with E-state index in [0.29, 0.717) is 17.7 Å². The lowest BCUT2D eigenvalue weighted by atomic mass is 9.77. The third kappa shape index (κ3) is 4.69. The van der Waals surface area contributed by atoms with Crippen LogP contribution in [0.4, 0.5) is 13.2 Å². The molecule has 0 aliphatic rings. The van der Waals surface area contributed by atoms with E-state index >= 15 is 0 Å². The van der Waals surface area contributed by atoms with E-state index in [1.807, 2.05) is 0 Å². The van der Waals surface area contributed by atoms with Gasteiger partial charge in [0, 0.05) is 53.0 Å². The van der Waals surface area contributed by atoms with Crippen LogP contribution in [0.5, 0.6) is 0 Å². The Morgan fingerprint density at radius 1 is 1.31 bits per heavy atom. The van der Waals surface area contributed by atoms with E-state index in [0.717, 1.165) is 0 Å². The molecule has 6 nitrogen and oxygen atoms in total. The molecule has 2 aromatic rings. The lowest BCUT2D eigenvalue weighted by Gasteiger charge is -2.31. The first-order chi connectivity index (χ1) is 12.3. The van der Waals surface area contributed by atoms with Gasteiger partial charge in [0.1, 0.15) is 5.41 Å². The number of halogens is 3. The quantitative estimate of drug-likeness (QED) is 0.723. The minimum atomic E-state index is -4.41. The van der Waals surface area contributed by atoms with Crippen LogP contribution >= 0.6 is 0 Å². The number of carbonyl (C=O) groups is 1. The Bertz CT molecular complexity index is 738. The van der Waals surface area contributed by atoms with Crippen LogP contribution in [-0.4, -0.2) is 49.5 Å². The van der Waals surface area contributed by atoms with Gasteiger partial charge in [0.2, 0.25) is 5.91 Å². The van der Waals surface area contributed by atoms with Gasteiger partial charge < -0.3 is 5.32 Å². The summed E-state index contributed by atoms with van der Waals surface area (Å²) in [4.78, 5) is 17.0. The number of nitrogens with one attached hydrogen (secondary N) is 2. The summed E-state index contributed by atoms with van der Waals surface area (Å²) in [6.07, 6.45) is 0.259. The number of likely N-dealkylation sites (N-methyl/N-ethyl adjacent to an activating group) is 1. The maximum atomic E-state index is 13.0. The molecular formula is C16H19F3N4O2S. The average Bonchev–Trinajstić information content (AvgIpc) is 3.13. The number of nitrogens with zero attached hydrogens (tertiary/aromatic N) is 2. The highest BCUT2D eigenvalue weighted by atomic mass is 32.2. The monoisotopic (exact) mass is 388 g/mol. The van der Waals surface area contributed by atoms with Crippen molar-refractivity contribution in [2.45, 2.75) is 24.9 Å². The van der Waals surface area contributed by atoms with Gasteiger partial charge in [0.15, 0.2) is 0 Å². The molecule has 0 bridgehead atoms. The summed E-state index contributed by atoms with van der Waals surface area (Å²) in [5.41, 5.74) is -0.599. The highest BCUT2D eigenvalue weighted by Gasteiger charge is 2.44. The number of hydrogen-bond acceptors (Lipinski definition) is 4. The number of H-pyrrole nitrogens is 1.